The number of aromatic nitrogens is 4. The number of rotatable bonds is 11. The fraction of sp³-hybridized carbons (Fsp3) is 0.133. The summed E-state index contributed by atoms with van der Waals surface area (Å²) in [4.78, 5) is 33.6. The monoisotopic (exact) mass is 616 g/mol. The fourth-order valence-corrected chi connectivity index (χ4v) is 7.09. The first kappa shape index (κ1) is 29.8. The minimum atomic E-state index is -4.14. The van der Waals surface area contributed by atoms with E-state index in [1.54, 1.807) is 55.9 Å². The van der Waals surface area contributed by atoms with Crippen molar-refractivity contribution in [3.8, 4) is 5.88 Å². The molecule has 3 N–H and O–H groups in total. The van der Waals surface area contributed by atoms with Crippen molar-refractivity contribution in [3.05, 3.63) is 102 Å². The van der Waals surface area contributed by atoms with Crippen LogP contribution in [0.15, 0.2) is 95.0 Å². The standard InChI is InChI=1S/C30H29N6O5PS/c1-20(30(38)40-3)35-42(39,41-28-12-8-18-33-28)36-26-19-22(43-27-11-5-4-10-24(27)29(37)31-2)14-15-23(26)25(34-36)16-13-21-9-6-7-17-32-21/h4-20,33H,1-3H3,(H,31,37)(H,35,39)/b16-13+/t20-,42?/m0/s1. The van der Waals surface area contributed by atoms with E-state index in [0.29, 0.717) is 27.9 Å². The van der Waals surface area contributed by atoms with Crippen LogP contribution < -0.4 is 14.9 Å². The number of hydrogen-bond donors (Lipinski definition) is 3. The molecule has 0 spiro atoms. The van der Waals surface area contributed by atoms with Crippen molar-refractivity contribution >= 4 is 54.4 Å². The van der Waals surface area contributed by atoms with Crippen LogP contribution in [0.4, 0.5) is 0 Å². The summed E-state index contributed by atoms with van der Waals surface area (Å²) in [5, 5.41) is 10.9. The highest BCUT2D eigenvalue weighted by molar-refractivity contribution is 7.99. The molecule has 2 aromatic carbocycles. The molecule has 220 valence electrons. The molecule has 1 amide bonds. The third-order valence-corrected chi connectivity index (χ3v) is 9.33. The number of fused-ring (bicyclic) bond motifs is 1. The molecule has 43 heavy (non-hydrogen) atoms. The van der Waals surface area contributed by atoms with Crippen molar-refractivity contribution in [2.24, 2.45) is 0 Å². The smallest absolute Gasteiger partial charge is 0.441 e. The Labute approximate surface area is 252 Å². The number of nitrogens with zero attached hydrogens (tertiary/aromatic N) is 3. The van der Waals surface area contributed by atoms with E-state index in [1.807, 2.05) is 48.5 Å². The largest absolute Gasteiger partial charge is 0.468 e. The lowest BCUT2D eigenvalue weighted by Gasteiger charge is -2.22. The third kappa shape index (κ3) is 6.72. The van der Waals surface area contributed by atoms with Gasteiger partial charge in [-0.1, -0.05) is 30.0 Å². The van der Waals surface area contributed by atoms with E-state index in [2.05, 4.69) is 20.4 Å². The number of carbonyl (C=O) groups is 2. The summed E-state index contributed by atoms with van der Waals surface area (Å²) in [5.74, 6) is -0.614. The summed E-state index contributed by atoms with van der Waals surface area (Å²) in [5.41, 5.74) is 2.22. The van der Waals surface area contributed by atoms with Crippen molar-refractivity contribution in [1.29, 1.82) is 0 Å². The number of aromatic amines is 1. The van der Waals surface area contributed by atoms with Crippen LogP contribution in [0.2, 0.25) is 0 Å². The number of esters is 1. The molecule has 0 saturated carbocycles. The van der Waals surface area contributed by atoms with Gasteiger partial charge in [0, 0.05) is 40.7 Å². The van der Waals surface area contributed by atoms with E-state index in [-0.39, 0.29) is 11.8 Å². The summed E-state index contributed by atoms with van der Waals surface area (Å²) in [6.45, 7) is 1.53. The van der Waals surface area contributed by atoms with Gasteiger partial charge in [-0.2, -0.15) is 9.55 Å². The van der Waals surface area contributed by atoms with Gasteiger partial charge >= 0.3 is 13.6 Å². The van der Waals surface area contributed by atoms with Gasteiger partial charge in [-0.25, -0.2) is 9.65 Å². The molecule has 5 rings (SSSR count). The maximum absolute atomic E-state index is 14.7. The highest BCUT2D eigenvalue weighted by Gasteiger charge is 2.36. The van der Waals surface area contributed by atoms with Crippen LogP contribution in [-0.4, -0.2) is 51.6 Å². The van der Waals surface area contributed by atoms with E-state index in [0.717, 1.165) is 9.79 Å². The van der Waals surface area contributed by atoms with Gasteiger partial charge in [0.15, 0.2) is 0 Å². The molecule has 0 bridgehead atoms. The average molecular weight is 617 g/mol. The first-order valence-electron chi connectivity index (χ1n) is 13.2. The third-order valence-electron chi connectivity index (χ3n) is 6.30. The molecule has 0 aliphatic rings. The molecule has 0 aliphatic carbocycles. The summed E-state index contributed by atoms with van der Waals surface area (Å²) in [6.07, 6.45) is 6.89. The summed E-state index contributed by atoms with van der Waals surface area (Å²) < 4.78 is 26.8. The maximum atomic E-state index is 14.7. The Bertz CT molecular complexity index is 1820. The predicted molar refractivity (Wildman–Crippen MR) is 166 cm³/mol. The van der Waals surface area contributed by atoms with Crippen LogP contribution in [0, 0.1) is 0 Å². The quantitative estimate of drug-likeness (QED) is 0.127. The Morgan fingerprint density at radius 3 is 2.60 bits per heavy atom. The number of carbonyl (C=O) groups excluding carboxylic acids is 2. The van der Waals surface area contributed by atoms with E-state index >= 15 is 0 Å². The lowest BCUT2D eigenvalue weighted by atomic mass is 10.2. The molecule has 1 unspecified atom stereocenters. The van der Waals surface area contributed by atoms with Gasteiger partial charge in [0.05, 0.1) is 29.6 Å². The molecule has 3 heterocycles. The van der Waals surface area contributed by atoms with Crippen LogP contribution in [0.3, 0.4) is 0 Å². The van der Waals surface area contributed by atoms with E-state index in [1.165, 1.54) is 30.2 Å². The number of H-pyrrole nitrogens is 1. The van der Waals surface area contributed by atoms with Crippen LogP contribution in [-0.2, 0) is 14.1 Å². The van der Waals surface area contributed by atoms with Gasteiger partial charge in [0.1, 0.15) is 6.04 Å². The molecule has 0 saturated heterocycles. The van der Waals surface area contributed by atoms with Gasteiger partial charge in [0.25, 0.3) is 5.91 Å². The van der Waals surface area contributed by atoms with Crippen molar-refractivity contribution < 1.29 is 23.4 Å². The summed E-state index contributed by atoms with van der Waals surface area (Å²) in [7, 11) is -1.30. The van der Waals surface area contributed by atoms with E-state index < -0.39 is 19.7 Å². The molecule has 0 aliphatic heterocycles. The molecule has 13 heteroatoms. The number of nitrogens with one attached hydrogen (secondary N) is 3. The van der Waals surface area contributed by atoms with Crippen LogP contribution in [0.25, 0.3) is 23.1 Å². The Balaban J connectivity index is 1.65. The lowest BCUT2D eigenvalue weighted by Crippen LogP contribution is -2.36. The van der Waals surface area contributed by atoms with Crippen molar-refractivity contribution in [2.75, 3.05) is 14.2 Å². The van der Waals surface area contributed by atoms with Crippen LogP contribution in [0.1, 0.15) is 28.7 Å². The second-order valence-electron chi connectivity index (χ2n) is 9.24. The Hall–Kier alpha value is -4.64. The van der Waals surface area contributed by atoms with Crippen molar-refractivity contribution in [1.82, 2.24) is 29.9 Å². The van der Waals surface area contributed by atoms with E-state index in [4.69, 9.17) is 14.4 Å². The number of hydrogen-bond acceptors (Lipinski definition) is 8. The molecule has 11 nitrogen and oxygen atoms in total. The summed E-state index contributed by atoms with van der Waals surface area (Å²) >= 11 is 1.38. The highest BCUT2D eigenvalue weighted by Crippen LogP contribution is 2.47. The number of ether oxygens (including phenoxy) is 1. The number of pyridine rings is 1. The SMILES string of the molecule is CNC(=O)c1ccccc1Sc1ccc2c(/C=C/c3ccccn3)nn(P(=O)(N[C@@H](C)C(=O)OC)Oc3ccc[nH]3)c2c1. The maximum Gasteiger partial charge on any atom is 0.441 e. The van der Waals surface area contributed by atoms with Gasteiger partial charge in [-0.3, -0.25) is 14.6 Å². The molecule has 2 atom stereocenters. The second-order valence-corrected chi connectivity index (χ2v) is 12.2. The Morgan fingerprint density at radius 1 is 1.07 bits per heavy atom. The Morgan fingerprint density at radius 2 is 1.88 bits per heavy atom. The fourth-order valence-electron chi connectivity index (χ4n) is 4.23. The average Bonchev–Trinajstić information content (AvgIpc) is 3.67. The van der Waals surface area contributed by atoms with Gasteiger partial charge in [-0.15, -0.1) is 0 Å². The minimum absolute atomic E-state index is 0.207. The minimum Gasteiger partial charge on any atom is -0.468 e. The first-order valence-corrected chi connectivity index (χ1v) is 15.6. The number of amides is 1. The zero-order chi connectivity index (χ0) is 30.4. The van der Waals surface area contributed by atoms with Gasteiger partial charge in [-0.05, 0) is 67.6 Å². The second kappa shape index (κ2) is 13.1. The first-order chi connectivity index (χ1) is 20.8. The zero-order valence-corrected chi connectivity index (χ0v) is 25.3. The zero-order valence-electron chi connectivity index (χ0n) is 23.6. The summed E-state index contributed by atoms with van der Waals surface area (Å²) in [6, 6.07) is 20.7. The van der Waals surface area contributed by atoms with Gasteiger partial charge < -0.3 is 19.6 Å². The normalized spacial score (nSPS) is 13.5. The molecule has 3 aromatic heterocycles. The van der Waals surface area contributed by atoms with Crippen LogP contribution in [0.5, 0.6) is 5.88 Å². The van der Waals surface area contributed by atoms with Crippen molar-refractivity contribution in [2.45, 2.75) is 22.8 Å². The predicted octanol–water partition coefficient (Wildman–Crippen LogP) is 5.63. The number of methoxy groups -OCH3 is 1. The van der Waals surface area contributed by atoms with Crippen LogP contribution >= 0.6 is 19.4 Å². The Kier molecular flexibility index (Phi) is 9.10. The van der Waals surface area contributed by atoms with Crippen molar-refractivity contribution in [3.63, 3.8) is 0 Å². The number of benzene rings is 2. The lowest BCUT2D eigenvalue weighted by molar-refractivity contribution is -0.142. The van der Waals surface area contributed by atoms with E-state index in [9.17, 15) is 14.2 Å². The highest BCUT2D eigenvalue weighted by atomic mass is 32.2. The van der Waals surface area contributed by atoms with Gasteiger partial charge in [0.2, 0.25) is 5.88 Å². The molecule has 0 fully saturated rings. The molecule has 0 radical (unpaired) electrons. The molecule has 5 aromatic rings. The molecular weight excluding hydrogens is 587 g/mol. The topological polar surface area (TPSA) is 140 Å². The molecular formula is C30H29N6O5PS.